The van der Waals surface area contributed by atoms with E-state index >= 15 is 0 Å². The van der Waals surface area contributed by atoms with Crippen molar-refractivity contribution in [2.24, 2.45) is 5.92 Å². The SMILES string of the molecule is COc1ccnc(N2CCCC(CCl)C2)n1. The maximum Gasteiger partial charge on any atom is 0.228 e. The predicted octanol–water partition coefficient (Wildman–Crippen LogP) is 1.94. The van der Waals surface area contributed by atoms with Crippen molar-refractivity contribution in [3.63, 3.8) is 0 Å². The topological polar surface area (TPSA) is 38.2 Å². The molecule has 0 saturated carbocycles. The third kappa shape index (κ3) is 2.55. The Labute approximate surface area is 101 Å². The fraction of sp³-hybridized carbons (Fsp3) is 0.636. The molecule has 0 amide bonds. The van der Waals surface area contributed by atoms with Gasteiger partial charge in [-0.3, -0.25) is 0 Å². The highest BCUT2D eigenvalue weighted by Crippen LogP contribution is 2.22. The summed E-state index contributed by atoms with van der Waals surface area (Å²) in [6.07, 6.45) is 4.08. The molecule has 1 fully saturated rings. The van der Waals surface area contributed by atoms with Crippen molar-refractivity contribution < 1.29 is 4.74 Å². The maximum absolute atomic E-state index is 5.90. The van der Waals surface area contributed by atoms with Gasteiger partial charge in [-0.1, -0.05) is 0 Å². The highest BCUT2D eigenvalue weighted by molar-refractivity contribution is 6.18. The smallest absolute Gasteiger partial charge is 0.228 e. The van der Waals surface area contributed by atoms with E-state index in [-0.39, 0.29) is 0 Å². The second-order valence-corrected chi connectivity index (χ2v) is 4.32. The van der Waals surface area contributed by atoms with Gasteiger partial charge in [0.05, 0.1) is 7.11 Å². The van der Waals surface area contributed by atoms with Gasteiger partial charge in [-0.2, -0.15) is 4.98 Å². The van der Waals surface area contributed by atoms with E-state index in [0.29, 0.717) is 17.7 Å². The molecule has 4 nitrogen and oxygen atoms in total. The number of methoxy groups -OCH3 is 1. The van der Waals surface area contributed by atoms with Gasteiger partial charge in [-0.15, -0.1) is 11.6 Å². The predicted molar refractivity (Wildman–Crippen MR) is 64.2 cm³/mol. The lowest BCUT2D eigenvalue weighted by molar-refractivity contribution is 0.393. The fourth-order valence-electron chi connectivity index (χ4n) is 1.97. The minimum Gasteiger partial charge on any atom is -0.481 e. The van der Waals surface area contributed by atoms with E-state index in [0.717, 1.165) is 25.5 Å². The Balaban J connectivity index is 2.10. The Morgan fingerprint density at radius 1 is 1.62 bits per heavy atom. The van der Waals surface area contributed by atoms with E-state index in [1.54, 1.807) is 19.4 Å². The molecule has 0 spiro atoms. The van der Waals surface area contributed by atoms with Gasteiger partial charge in [0.25, 0.3) is 0 Å². The number of alkyl halides is 1. The van der Waals surface area contributed by atoms with Gasteiger partial charge in [-0.25, -0.2) is 4.98 Å². The Kier molecular flexibility index (Phi) is 3.83. The number of halogens is 1. The van der Waals surface area contributed by atoms with Gasteiger partial charge >= 0.3 is 0 Å². The average molecular weight is 242 g/mol. The lowest BCUT2D eigenvalue weighted by Gasteiger charge is -2.31. The summed E-state index contributed by atoms with van der Waals surface area (Å²) in [6, 6.07) is 1.76. The highest BCUT2D eigenvalue weighted by atomic mass is 35.5. The van der Waals surface area contributed by atoms with Crippen LogP contribution in [0.1, 0.15) is 12.8 Å². The van der Waals surface area contributed by atoms with Crippen molar-refractivity contribution >= 4 is 17.5 Å². The molecule has 1 aromatic rings. The van der Waals surface area contributed by atoms with E-state index in [9.17, 15) is 0 Å². The zero-order chi connectivity index (χ0) is 11.4. The first-order valence-corrected chi connectivity index (χ1v) is 6.05. The molecule has 0 radical (unpaired) electrons. The molecule has 88 valence electrons. The van der Waals surface area contributed by atoms with E-state index in [2.05, 4.69) is 14.9 Å². The first kappa shape index (κ1) is 11.5. The molecule has 0 aliphatic carbocycles. The second-order valence-electron chi connectivity index (χ2n) is 4.01. The Bertz CT molecular complexity index is 348. The Hall–Kier alpha value is -1.03. The number of hydrogen-bond acceptors (Lipinski definition) is 4. The van der Waals surface area contributed by atoms with E-state index in [1.807, 2.05) is 0 Å². The molecule has 1 aliphatic heterocycles. The van der Waals surface area contributed by atoms with E-state index in [4.69, 9.17) is 16.3 Å². The number of nitrogens with zero attached hydrogens (tertiary/aromatic N) is 3. The minimum absolute atomic E-state index is 0.546. The van der Waals surface area contributed by atoms with Gasteiger partial charge in [0.15, 0.2) is 0 Å². The van der Waals surface area contributed by atoms with Crippen LogP contribution in [-0.2, 0) is 0 Å². The van der Waals surface area contributed by atoms with Crippen LogP contribution in [0.25, 0.3) is 0 Å². The van der Waals surface area contributed by atoms with E-state index < -0.39 is 0 Å². The second kappa shape index (κ2) is 5.34. The molecule has 2 heterocycles. The molecular formula is C11H16ClN3O. The summed E-state index contributed by atoms with van der Waals surface area (Å²) in [7, 11) is 1.61. The highest BCUT2D eigenvalue weighted by Gasteiger charge is 2.21. The molecule has 1 atom stereocenters. The number of piperidine rings is 1. The van der Waals surface area contributed by atoms with E-state index in [1.165, 1.54) is 6.42 Å². The summed E-state index contributed by atoms with van der Waals surface area (Å²) in [6.45, 7) is 1.94. The molecule has 0 bridgehead atoms. The average Bonchev–Trinajstić information content (AvgIpc) is 2.39. The van der Waals surface area contributed by atoms with Gasteiger partial charge in [0, 0.05) is 31.2 Å². The van der Waals surface area contributed by atoms with Gasteiger partial charge in [-0.05, 0) is 18.8 Å². The van der Waals surface area contributed by atoms with Crippen molar-refractivity contribution in [1.29, 1.82) is 0 Å². The number of hydrogen-bond donors (Lipinski definition) is 0. The van der Waals surface area contributed by atoms with Crippen LogP contribution in [0.3, 0.4) is 0 Å². The molecule has 0 aromatic carbocycles. The number of ether oxygens (including phenoxy) is 1. The van der Waals surface area contributed by atoms with Gasteiger partial charge < -0.3 is 9.64 Å². The molecule has 5 heteroatoms. The molecule has 1 unspecified atom stereocenters. The van der Waals surface area contributed by atoms with Crippen molar-refractivity contribution in [1.82, 2.24) is 9.97 Å². The minimum atomic E-state index is 0.546. The van der Waals surface area contributed by atoms with Crippen LogP contribution in [-0.4, -0.2) is 36.0 Å². The molecule has 0 N–H and O–H groups in total. The molecule has 1 saturated heterocycles. The Morgan fingerprint density at radius 2 is 2.50 bits per heavy atom. The number of rotatable bonds is 3. The van der Waals surface area contributed by atoms with Crippen LogP contribution in [0.15, 0.2) is 12.3 Å². The quantitative estimate of drug-likeness (QED) is 0.759. The molecule has 16 heavy (non-hydrogen) atoms. The summed E-state index contributed by atoms with van der Waals surface area (Å²) < 4.78 is 5.09. The molecule has 1 aliphatic rings. The molecule has 2 rings (SSSR count). The Morgan fingerprint density at radius 3 is 3.25 bits per heavy atom. The van der Waals surface area contributed by atoms with Crippen LogP contribution in [0.5, 0.6) is 5.88 Å². The standard InChI is InChI=1S/C11H16ClN3O/c1-16-10-4-5-13-11(14-10)15-6-2-3-9(7-12)8-15/h4-5,9H,2-3,6-8H2,1H3. The third-order valence-electron chi connectivity index (χ3n) is 2.85. The van der Waals surface area contributed by atoms with Crippen LogP contribution in [0.2, 0.25) is 0 Å². The third-order valence-corrected chi connectivity index (χ3v) is 3.28. The molecule has 1 aromatic heterocycles. The number of aromatic nitrogens is 2. The van der Waals surface area contributed by atoms with Crippen molar-refractivity contribution in [3.8, 4) is 5.88 Å². The van der Waals surface area contributed by atoms with Crippen molar-refractivity contribution in [3.05, 3.63) is 12.3 Å². The summed E-state index contributed by atoms with van der Waals surface area (Å²) in [5, 5.41) is 0. The largest absolute Gasteiger partial charge is 0.481 e. The molecular weight excluding hydrogens is 226 g/mol. The zero-order valence-corrected chi connectivity index (χ0v) is 10.2. The first-order chi connectivity index (χ1) is 7.83. The van der Waals surface area contributed by atoms with Crippen LogP contribution in [0, 0.1) is 5.92 Å². The fourth-order valence-corrected chi connectivity index (χ4v) is 2.22. The van der Waals surface area contributed by atoms with Gasteiger partial charge in [0.1, 0.15) is 0 Å². The summed E-state index contributed by atoms with van der Waals surface area (Å²) >= 11 is 5.90. The van der Waals surface area contributed by atoms with Crippen molar-refractivity contribution in [2.75, 3.05) is 31.0 Å². The van der Waals surface area contributed by atoms with Crippen LogP contribution in [0.4, 0.5) is 5.95 Å². The zero-order valence-electron chi connectivity index (χ0n) is 9.40. The van der Waals surface area contributed by atoms with Crippen LogP contribution < -0.4 is 9.64 Å². The number of anilines is 1. The summed E-state index contributed by atoms with van der Waals surface area (Å²) in [5.41, 5.74) is 0. The monoisotopic (exact) mass is 241 g/mol. The van der Waals surface area contributed by atoms with Gasteiger partial charge in [0.2, 0.25) is 11.8 Å². The van der Waals surface area contributed by atoms with Crippen LogP contribution >= 0.6 is 11.6 Å². The first-order valence-electron chi connectivity index (χ1n) is 5.51. The van der Waals surface area contributed by atoms with Crippen molar-refractivity contribution in [2.45, 2.75) is 12.8 Å². The lowest BCUT2D eigenvalue weighted by Crippen LogP contribution is -2.37. The maximum atomic E-state index is 5.90. The summed E-state index contributed by atoms with van der Waals surface area (Å²) in [4.78, 5) is 10.8. The lowest BCUT2D eigenvalue weighted by atomic mass is 10.0. The normalized spacial score (nSPS) is 20.9. The summed E-state index contributed by atoms with van der Waals surface area (Å²) in [5.74, 6) is 2.61.